The fraction of sp³-hybridized carbons (Fsp3) is 0.727. The first-order valence-electron chi connectivity index (χ1n) is 5.52. The van der Waals surface area contributed by atoms with Gasteiger partial charge in [-0.25, -0.2) is 4.98 Å². The Morgan fingerprint density at radius 1 is 1.50 bits per heavy atom. The van der Waals surface area contributed by atoms with E-state index in [1.54, 1.807) is 0 Å². The van der Waals surface area contributed by atoms with E-state index in [1.165, 1.54) is 24.2 Å². The fourth-order valence-corrected chi connectivity index (χ4v) is 2.04. The Hall–Kier alpha value is -0.830. The Labute approximate surface area is 84.8 Å². The molecule has 3 nitrogen and oxygen atoms in total. The molecule has 78 valence electrons. The smallest absolute Gasteiger partial charge is 0.0952 e. The van der Waals surface area contributed by atoms with Gasteiger partial charge in [-0.3, -0.25) is 0 Å². The van der Waals surface area contributed by atoms with Crippen molar-refractivity contribution in [1.82, 2.24) is 9.55 Å². The van der Waals surface area contributed by atoms with Crippen LogP contribution in [-0.4, -0.2) is 20.8 Å². The highest BCUT2D eigenvalue weighted by Crippen LogP contribution is 2.20. The molecule has 1 aliphatic rings. The second kappa shape index (κ2) is 4.13. The second-order valence-corrected chi connectivity index (χ2v) is 4.06. The molecule has 0 fully saturated rings. The van der Waals surface area contributed by atoms with Crippen LogP contribution in [0.3, 0.4) is 0 Å². The molecule has 0 saturated heterocycles. The van der Waals surface area contributed by atoms with Gasteiger partial charge in [-0.1, -0.05) is 6.92 Å². The molecule has 1 N–H and O–H groups in total. The number of aromatic nitrogens is 2. The van der Waals surface area contributed by atoms with Crippen LogP contribution in [0.25, 0.3) is 0 Å². The van der Waals surface area contributed by atoms with E-state index in [2.05, 4.69) is 9.55 Å². The third-order valence-corrected chi connectivity index (χ3v) is 2.99. The van der Waals surface area contributed by atoms with Gasteiger partial charge in [0.05, 0.1) is 18.1 Å². The summed E-state index contributed by atoms with van der Waals surface area (Å²) in [6, 6.07) is 0. The molecular weight excluding hydrogens is 176 g/mol. The van der Waals surface area contributed by atoms with E-state index in [4.69, 9.17) is 0 Å². The first-order valence-corrected chi connectivity index (χ1v) is 5.52. The van der Waals surface area contributed by atoms with Gasteiger partial charge < -0.3 is 9.67 Å². The lowest BCUT2D eigenvalue weighted by atomic mass is 10.0. The van der Waals surface area contributed by atoms with Gasteiger partial charge in [0.2, 0.25) is 0 Å². The number of fused-ring (bicyclic) bond motifs is 1. The van der Waals surface area contributed by atoms with Gasteiger partial charge >= 0.3 is 0 Å². The summed E-state index contributed by atoms with van der Waals surface area (Å²) in [5, 5.41) is 9.58. The summed E-state index contributed by atoms with van der Waals surface area (Å²) < 4.78 is 2.13. The number of aliphatic hydroxyl groups excluding tert-OH is 1. The number of rotatable bonds is 3. The average Bonchev–Trinajstić information content (AvgIpc) is 2.62. The van der Waals surface area contributed by atoms with E-state index in [0.29, 0.717) is 6.54 Å². The number of imidazole rings is 1. The van der Waals surface area contributed by atoms with Crippen molar-refractivity contribution in [3.63, 3.8) is 0 Å². The van der Waals surface area contributed by atoms with Gasteiger partial charge in [-0.15, -0.1) is 0 Å². The van der Waals surface area contributed by atoms with E-state index in [-0.39, 0.29) is 6.10 Å². The van der Waals surface area contributed by atoms with Crippen LogP contribution in [-0.2, 0) is 19.4 Å². The first kappa shape index (κ1) is 9.71. The number of aliphatic hydroxyl groups is 1. The molecule has 3 heteroatoms. The minimum absolute atomic E-state index is 0.227. The molecule has 14 heavy (non-hydrogen) atoms. The predicted molar refractivity (Wildman–Crippen MR) is 55.2 cm³/mol. The van der Waals surface area contributed by atoms with Gasteiger partial charge in [0.1, 0.15) is 0 Å². The molecular formula is C11H18N2O. The van der Waals surface area contributed by atoms with E-state index < -0.39 is 0 Å². The normalized spacial score (nSPS) is 17.9. The molecule has 0 spiro atoms. The molecule has 1 unspecified atom stereocenters. The highest BCUT2D eigenvalue weighted by Gasteiger charge is 2.15. The molecule has 1 aromatic heterocycles. The van der Waals surface area contributed by atoms with E-state index in [0.717, 1.165) is 19.3 Å². The van der Waals surface area contributed by atoms with Crippen LogP contribution >= 0.6 is 0 Å². The predicted octanol–water partition coefficient (Wildman–Crippen LogP) is 1.53. The molecule has 1 heterocycles. The maximum absolute atomic E-state index is 9.58. The van der Waals surface area contributed by atoms with Crippen LogP contribution in [0.2, 0.25) is 0 Å². The molecule has 0 aromatic carbocycles. The SMILES string of the molecule is CCC(O)Cn1cnc2c1CCCC2. The minimum atomic E-state index is -0.227. The average molecular weight is 194 g/mol. The van der Waals surface area contributed by atoms with Crippen molar-refractivity contribution in [3.8, 4) is 0 Å². The lowest BCUT2D eigenvalue weighted by molar-refractivity contribution is 0.148. The van der Waals surface area contributed by atoms with Crippen LogP contribution < -0.4 is 0 Å². The third-order valence-electron chi connectivity index (χ3n) is 2.99. The number of aryl methyl sites for hydroxylation is 1. The highest BCUT2D eigenvalue weighted by molar-refractivity contribution is 5.16. The largest absolute Gasteiger partial charge is 0.391 e. The molecule has 0 amide bonds. The summed E-state index contributed by atoms with van der Waals surface area (Å²) in [7, 11) is 0. The van der Waals surface area contributed by atoms with Gasteiger partial charge in [0.15, 0.2) is 0 Å². The Balaban J connectivity index is 2.14. The zero-order valence-electron chi connectivity index (χ0n) is 8.74. The first-order chi connectivity index (χ1) is 6.81. The van der Waals surface area contributed by atoms with Crippen molar-refractivity contribution in [2.75, 3.05) is 0 Å². The molecule has 0 saturated carbocycles. The molecule has 2 rings (SSSR count). The van der Waals surface area contributed by atoms with Crippen molar-refractivity contribution in [2.24, 2.45) is 0 Å². The summed E-state index contributed by atoms with van der Waals surface area (Å²) in [4.78, 5) is 4.40. The molecule has 0 bridgehead atoms. The van der Waals surface area contributed by atoms with Crippen LogP contribution in [0, 0.1) is 0 Å². The Morgan fingerprint density at radius 2 is 2.29 bits per heavy atom. The molecule has 1 aromatic rings. The second-order valence-electron chi connectivity index (χ2n) is 4.06. The summed E-state index contributed by atoms with van der Waals surface area (Å²) in [5.41, 5.74) is 2.60. The maximum Gasteiger partial charge on any atom is 0.0952 e. The van der Waals surface area contributed by atoms with Crippen molar-refractivity contribution < 1.29 is 5.11 Å². The van der Waals surface area contributed by atoms with Gasteiger partial charge in [0.25, 0.3) is 0 Å². The topological polar surface area (TPSA) is 38.0 Å². The summed E-state index contributed by atoms with van der Waals surface area (Å²) in [6.07, 6.45) is 7.24. The Morgan fingerprint density at radius 3 is 3.07 bits per heavy atom. The number of hydrogen-bond donors (Lipinski definition) is 1. The Kier molecular flexibility index (Phi) is 2.87. The maximum atomic E-state index is 9.58. The van der Waals surface area contributed by atoms with Gasteiger partial charge in [0, 0.05) is 12.2 Å². The fourth-order valence-electron chi connectivity index (χ4n) is 2.04. The lowest BCUT2D eigenvalue weighted by Gasteiger charge is -2.15. The van der Waals surface area contributed by atoms with E-state index >= 15 is 0 Å². The number of nitrogens with zero attached hydrogens (tertiary/aromatic N) is 2. The quantitative estimate of drug-likeness (QED) is 0.792. The summed E-state index contributed by atoms with van der Waals surface area (Å²) in [6.45, 7) is 2.72. The molecule has 1 aliphatic carbocycles. The van der Waals surface area contributed by atoms with E-state index in [9.17, 15) is 5.11 Å². The Bertz CT molecular complexity index is 306. The van der Waals surface area contributed by atoms with Crippen molar-refractivity contribution in [3.05, 3.63) is 17.7 Å². The molecule has 0 radical (unpaired) electrons. The van der Waals surface area contributed by atoms with Crippen LogP contribution in [0.15, 0.2) is 6.33 Å². The van der Waals surface area contributed by atoms with Crippen LogP contribution in [0.5, 0.6) is 0 Å². The van der Waals surface area contributed by atoms with Crippen LogP contribution in [0.1, 0.15) is 37.6 Å². The minimum Gasteiger partial charge on any atom is -0.391 e. The number of hydrogen-bond acceptors (Lipinski definition) is 2. The summed E-state index contributed by atoms with van der Waals surface area (Å²) in [5.74, 6) is 0. The standard InChI is InChI=1S/C11H18N2O/c1-2-9(14)7-13-8-12-10-5-3-4-6-11(10)13/h8-9,14H,2-7H2,1H3. The van der Waals surface area contributed by atoms with Crippen LogP contribution in [0.4, 0.5) is 0 Å². The van der Waals surface area contributed by atoms with Crippen molar-refractivity contribution >= 4 is 0 Å². The third kappa shape index (κ3) is 1.82. The zero-order chi connectivity index (χ0) is 9.97. The monoisotopic (exact) mass is 194 g/mol. The van der Waals surface area contributed by atoms with Gasteiger partial charge in [-0.05, 0) is 32.1 Å². The highest BCUT2D eigenvalue weighted by atomic mass is 16.3. The zero-order valence-corrected chi connectivity index (χ0v) is 8.74. The summed E-state index contributed by atoms with van der Waals surface area (Å²) >= 11 is 0. The lowest BCUT2D eigenvalue weighted by Crippen LogP contribution is -2.17. The van der Waals surface area contributed by atoms with Gasteiger partial charge in [-0.2, -0.15) is 0 Å². The molecule has 1 atom stereocenters. The van der Waals surface area contributed by atoms with Crippen molar-refractivity contribution in [2.45, 2.75) is 51.7 Å². The van der Waals surface area contributed by atoms with Crippen molar-refractivity contribution in [1.29, 1.82) is 0 Å². The van der Waals surface area contributed by atoms with E-state index in [1.807, 2.05) is 13.3 Å². The molecule has 0 aliphatic heterocycles.